The Bertz CT molecular complexity index is 555. The van der Waals surface area contributed by atoms with E-state index >= 15 is 0 Å². The van der Waals surface area contributed by atoms with Gasteiger partial charge in [-0.25, -0.2) is 8.42 Å². The minimum Gasteiger partial charge on any atom is -0.293 e. The average molecular weight is 320 g/mol. The van der Waals surface area contributed by atoms with Crippen LogP contribution in [0.25, 0.3) is 0 Å². The summed E-state index contributed by atoms with van der Waals surface area (Å²) in [6, 6.07) is 2.12. The molecule has 0 N–H and O–H groups in total. The predicted octanol–water partition coefficient (Wildman–Crippen LogP) is 2.94. The second-order valence-corrected chi connectivity index (χ2v) is 9.17. The molecule has 2 fully saturated rings. The van der Waals surface area contributed by atoms with Crippen LogP contribution < -0.4 is 0 Å². The van der Waals surface area contributed by atoms with Crippen LogP contribution in [0.15, 0.2) is 11.4 Å². The number of halogens is 1. The second-order valence-electron chi connectivity index (χ2n) is 5.42. The first-order valence-electron chi connectivity index (χ1n) is 6.75. The second kappa shape index (κ2) is 5.35. The number of sulfone groups is 1. The van der Waals surface area contributed by atoms with E-state index in [1.807, 2.05) is 11.4 Å². The molecule has 1 saturated heterocycles. The van der Waals surface area contributed by atoms with Crippen molar-refractivity contribution in [3.63, 3.8) is 0 Å². The van der Waals surface area contributed by atoms with E-state index in [1.54, 1.807) is 11.3 Å². The molecule has 1 aliphatic heterocycles. The van der Waals surface area contributed by atoms with Crippen LogP contribution in [-0.4, -0.2) is 36.9 Å². The molecule has 106 valence electrons. The van der Waals surface area contributed by atoms with Crippen LogP contribution in [0, 0.1) is 0 Å². The van der Waals surface area contributed by atoms with E-state index in [0.29, 0.717) is 12.3 Å². The molecule has 0 spiro atoms. The molecule has 3 rings (SSSR count). The Balaban J connectivity index is 1.81. The van der Waals surface area contributed by atoms with E-state index in [1.165, 1.54) is 0 Å². The summed E-state index contributed by atoms with van der Waals surface area (Å²) >= 11 is 7.82. The first-order valence-corrected chi connectivity index (χ1v) is 9.73. The maximum absolute atomic E-state index is 12.2. The van der Waals surface area contributed by atoms with Gasteiger partial charge in [-0.3, -0.25) is 4.90 Å². The normalized spacial score (nSPS) is 31.0. The van der Waals surface area contributed by atoms with Gasteiger partial charge in [-0.05, 0) is 24.3 Å². The fourth-order valence-electron chi connectivity index (χ4n) is 3.29. The maximum Gasteiger partial charge on any atom is 0.155 e. The monoisotopic (exact) mass is 319 g/mol. The number of thiophene rings is 1. The van der Waals surface area contributed by atoms with E-state index in [0.717, 1.165) is 42.1 Å². The van der Waals surface area contributed by atoms with Gasteiger partial charge < -0.3 is 0 Å². The number of nitrogens with zero attached hydrogens (tertiary/aromatic N) is 1. The quantitative estimate of drug-likeness (QED) is 0.841. The Morgan fingerprint density at radius 1 is 1.37 bits per heavy atom. The zero-order valence-corrected chi connectivity index (χ0v) is 13.1. The summed E-state index contributed by atoms with van der Waals surface area (Å²) in [4.78, 5) is 3.49. The van der Waals surface area contributed by atoms with Crippen molar-refractivity contribution in [3.8, 4) is 0 Å². The zero-order chi connectivity index (χ0) is 13.5. The van der Waals surface area contributed by atoms with Gasteiger partial charge in [-0.15, -0.1) is 11.3 Å². The van der Waals surface area contributed by atoms with Crippen LogP contribution in [0.2, 0.25) is 5.02 Å². The van der Waals surface area contributed by atoms with Gasteiger partial charge in [0.05, 0.1) is 16.0 Å². The summed E-state index contributed by atoms with van der Waals surface area (Å²) in [6.45, 7) is 1.45. The smallest absolute Gasteiger partial charge is 0.155 e. The van der Waals surface area contributed by atoms with E-state index in [-0.39, 0.29) is 11.3 Å². The lowest BCUT2D eigenvalue weighted by Gasteiger charge is -2.43. The molecule has 0 radical (unpaired) electrons. The van der Waals surface area contributed by atoms with Crippen molar-refractivity contribution in [3.05, 3.63) is 21.3 Å². The molecule has 1 saturated carbocycles. The molecule has 2 aliphatic rings. The molecular weight excluding hydrogens is 302 g/mol. The predicted molar refractivity (Wildman–Crippen MR) is 79.6 cm³/mol. The summed E-state index contributed by atoms with van der Waals surface area (Å²) in [5.41, 5.74) is 0. The van der Waals surface area contributed by atoms with Crippen molar-refractivity contribution < 1.29 is 8.42 Å². The maximum atomic E-state index is 12.2. The van der Waals surface area contributed by atoms with Crippen molar-refractivity contribution in [1.29, 1.82) is 0 Å². The minimum absolute atomic E-state index is 0.145. The molecule has 0 amide bonds. The molecule has 0 bridgehead atoms. The zero-order valence-electron chi connectivity index (χ0n) is 10.7. The van der Waals surface area contributed by atoms with Crippen molar-refractivity contribution in [1.82, 2.24) is 4.90 Å². The van der Waals surface area contributed by atoms with E-state index < -0.39 is 9.84 Å². The average Bonchev–Trinajstić information content (AvgIpc) is 2.79. The van der Waals surface area contributed by atoms with Crippen LogP contribution in [0.5, 0.6) is 0 Å². The van der Waals surface area contributed by atoms with Crippen LogP contribution in [0.4, 0.5) is 0 Å². The van der Waals surface area contributed by atoms with Gasteiger partial charge in [0.25, 0.3) is 0 Å². The summed E-state index contributed by atoms with van der Waals surface area (Å²) < 4.78 is 24.4. The molecule has 3 nitrogen and oxygen atoms in total. The van der Waals surface area contributed by atoms with Crippen LogP contribution in [0.1, 0.15) is 30.6 Å². The van der Waals surface area contributed by atoms with Crippen molar-refractivity contribution in [2.75, 3.05) is 12.3 Å². The first-order chi connectivity index (χ1) is 9.08. The Kier molecular flexibility index (Phi) is 3.91. The Hall–Kier alpha value is -0.100. The third-order valence-electron chi connectivity index (χ3n) is 4.30. The number of hydrogen-bond acceptors (Lipinski definition) is 4. The molecule has 0 aromatic carbocycles. The van der Waals surface area contributed by atoms with Crippen LogP contribution in [0.3, 0.4) is 0 Å². The van der Waals surface area contributed by atoms with E-state index in [2.05, 4.69) is 4.90 Å². The lowest BCUT2D eigenvalue weighted by Crippen LogP contribution is -2.55. The summed E-state index contributed by atoms with van der Waals surface area (Å²) in [5.74, 6) is 0.303. The minimum atomic E-state index is -2.88. The highest BCUT2D eigenvalue weighted by atomic mass is 35.5. The van der Waals surface area contributed by atoms with E-state index in [4.69, 9.17) is 11.6 Å². The Labute approximate surface area is 123 Å². The number of rotatable bonds is 2. The molecule has 2 atom stereocenters. The van der Waals surface area contributed by atoms with Crippen molar-refractivity contribution >= 4 is 32.8 Å². The fourth-order valence-corrected chi connectivity index (χ4v) is 6.52. The van der Waals surface area contributed by atoms with E-state index in [9.17, 15) is 8.42 Å². The van der Waals surface area contributed by atoms with Gasteiger partial charge in [-0.1, -0.05) is 24.4 Å². The highest BCUT2D eigenvalue weighted by Crippen LogP contribution is 2.34. The molecule has 1 aromatic rings. The third-order valence-corrected chi connectivity index (χ3v) is 7.89. The van der Waals surface area contributed by atoms with Gasteiger partial charge in [0.1, 0.15) is 0 Å². The molecule has 2 unspecified atom stereocenters. The van der Waals surface area contributed by atoms with Crippen molar-refractivity contribution in [2.24, 2.45) is 0 Å². The van der Waals surface area contributed by atoms with Crippen LogP contribution in [-0.2, 0) is 16.4 Å². The lowest BCUT2D eigenvalue weighted by molar-refractivity contribution is 0.150. The highest BCUT2D eigenvalue weighted by molar-refractivity contribution is 7.92. The molecule has 6 heteroatoms. The Morgan fingerprint density at radius 2 is 2.16 bits per heavy atom. The van der Waals surface area contributed by atoms with Gasteiger partial charge in [-0.2, -0.15) is 0 Å². The third kappa shape index (κ3) is 2.71. The highest BCUT2D eigenvalue weighted by Gasteiger charge is 2.42. The standard InChI is InChI=1S/C13H18ClNO2S2/c14-10-5-7-18-12(10)9-15-6-8-19(16,17)13-4-2-1-3-11(13)15/h5,7,11,13H,1-4,6,8-9H2. The molecule has 2 heterocycles. The summed E-state index contributed by atoms with van der Waals surface area (Å²) in [7, 11) is -2.88. The molecule has 1 aromatic heterocycles. The van der Waals surface area contributed by atoms with Gasteiger partial charge >= 0.3 is 0 Å². The van der Waals surface area contributed by atoms with Gasteiger partial charge in [0.2, 0.25) is 0 Å². The van der Waals surface area contributed by atoms with Gasteiger partial charge in [0.15, 0.2) is 9.84 Å². The van der Waals surface area contributed by atoms with Gasteiger partial charge in [0, 0.05) is 24.0 Å². The Morgan fingerprint density at radius 3 is 2.89 bits per heavy atom. The van der Waals surface area contributed by atoms with Crippen LogP contribution >= 0.6 is 22.9 Å². The first kappa shape index (κ1) is 13.9. The number of fused-ring (bicyclic) bond motifs is 1. The molecular formula is C13H18ClNO2S2. The summed E-state index contributed by atoms with van der Waals surface area (Å²) in [5, 5.41) is 2.66. The number of hydrogen-bond donors (Lipinski definition) is 0. The molecule has 19 heavy (non-hydrogen) atoms. The largest absolute Gasteiger partial charge is 0.293 e. The SMILES string of the molecule is O=S1(=O)CCN(Cc2sccc2Cl)C2CCCCC21. The van der Waals surface area contributed by atoms with Crippen molar-refractivity contribution in [2.45, 2.75) is 43.5 Å². The molecule has 1 aliphatic carbocycles. The lowest BCUT2D eigenvalue weighted by atomic mass is 9.93. The fraction of sp³-hybridized carbons (Fsp3) is 0.692. The summed E-state index contributed by atoms with van der Waals surface area (Å²) in [6.07, 6.45) is 4.04. The topological polar surface area (TPSA) is 37.4 Å².